The average Bonchev–Trinajstić information content (AvgIpc) is 3.07. The Morgan fingerprint density at radius 3 is 1.02 bits per heavy atom. The average molecular weight is 675 g/mol. The molecular weight excluding hydrogens is 600 g/mol. The van der Waals surface area contributed by atoms with Crippen molar-refractivity contribution in [2.75, 3.05) is 64.1 Å². The maximum atomic E-state index is 12.2. The van der Waals surface area contributed by atoms with Crippen LogP contribution in [0.1, 0.15) is 155 Å². The van der Waals surface area contributed by atoms with E-state index in [9.17, 15) is 9.59 Å². The maximum Gasteiger partial charge on any atom is 0.411 e. The number of hydrogen-bond donors (Lipinski definition) is 2. The van der Waals surface area contributed by atoms with Crippen molar-refractivity contribution in [1.29, 1.82) is 0 Å². The van der Waals surface area contributed by atoms with Gasteiger partial charge in [-0.25, -0.2) is 9.59 Å². The molecule has 1 aromatic rings. The van der Waals surface area contributed by atoms with E-state index in [0.29, 0.717) is 37.7 Å². The fourth-order valence-electron chi connectivity index (χ4n) is 5.85. The Labute approximate surface area is 295 Å². The molecule has 0 saturated heterocycles. The molecule has 2 N–H and O–H groups in total. The van der Waals surface area contributed by atoms with Gasteiger partial charge in [-0.2, -0.15) is 0 Å². The quantitative estimate of drug-likeness (QED) is 0.0740. The molecule has 0 aliphatic carbocycles. The van der Waals surface area contributed by atoms with Gasteiger partial charge in [-0.15, -0.1) is 0 Å². The molecule has 0 aromatic heterocycles. The summed E-state index contributed by atoms with van der Waals surface area (Å²) in [6.45, 7) is 8.70. The van der Waals surface area contributed by atoms with E-state index in [4.69, 9.17) is 9.47 Å². The third-order valence-corrected chi connectivity index (χ3v) is 9.08. The van der Waals surface area contributed by atoms with Gasteiger partial charge in [0.05, 0.1) is 0 Å². The first-order chi connectivity index (χ1) is 23.4. The van der Waals surface area contributed by atoms with E-state index in [0.717, 1.165) is 13.1 Å². The van der Waals surface area contributed by atoms with Crippen molar-refractivity contribution in [2.24, 2.45) is 0 Å². The number of hydrogen-bond acceptors (Lipinski definition) is 6. The fourth-order valence-corrected chi connectivity index (χ4v) is 5.85. The summed E-state index contributed by atoms with van der Waals surface area (Å²) < 4.78 is 10.7. The number of nitrogens with one attached hydrogen (secondary N) is 2. The lowest BCUT2D eigenvalue weighted by atomic mass is 10.1. The molecule has 0 aliphatic heterocycles. The minimum absolute atomic E-state index is 0.348. The van der Waals surface area contributed by atoms with Crippen LogP contribution in [0.25, 0.3) is 0 Å². The number of nitrogens with zero attached hydrogens (tertiary/aromatic N) is 2. The van der Waals surface area contributed by atoms with Gasteiger partial charge < -0.3 is 19.3 Å². The Morgan fingerprint density at radius 2 is 0.729 bits per heavy atom. The van der Waals surface area contributed by atoms with Gasteiger partial charge in [0.15, 0.2) is 0 Å². The predicted molar refractivity (Wildman–Crippen MR) is 204 cm³/mol. The van der Waals surface area contributed by atoms with Gasteiger partial charge in [0, 0.05) is 24.5 Å². The van der Waals surface area contributed by atoms with Crippen LogP contribution in [0.4, 0.5) is 21.0 Å². The molecule has 278 valence electrons. The van der Waals surface area contributed by atoms with Gasteiger partial charge in [-0.1, -0.05) is 142 Å². The number of benzene rings is 1. The fraction of sp³-hybridized carbons (Fsp3) is 0.800. The van der Waals surface area contributed by atoms with E-state index < -0.39 is 12.2 Å². The zero-order valence-corrected chi connectivity index (χ0v) is 31.6. The maximum absolute atomic E-state index is 12.2. The third kappa shape index (κ3) is 27.6. The number of ether oxygens (including phenoxy) is 2. The molecule has 0 atom stereocenters. The van der Waals surface area contributed by atoms with Gasteiger partial charge in [0.1, 0.15) is 13.2 Å². The van der Waals surface area contributed by atoms with Crippen molar-refractivity contribution >= 4 is 23.6 Å². The highest BCUT2D eigenvalue weighted by atomic mass is 16.6. The first kappa shape index (κ1) is 43.7. The van der Waals surface area contributed by atoms with E-state index in [1.54, 1.807) is 24.3 Å². The molecular formula is C40H74N4O4. The normalized spacial score (nSPS) is 11.3. The first-order valence-electron chi connectivity index (χ1n) is 19.8. The summed E-state index contributed by atoms with van der Waals surface area (Å²) in [6, 6.07) is 6.93. The molecule has 1 rings (SSSR count). The molecule has 0 radical (unpaired) electrons. The number of carbonyl (C=O) groups excluding carboxylic acids is 2. The first-order valence-corrected chi connectivity index (χ1v) is 19.8. The Hall–Kier alpha value is -2.32. The number of likely N-dealkylation sites (N-methyl/N-ethyl adjacent to an activating group) is 2. The number of rotatable bonds is 32. The highest BCUT2D eigenvalue weighted by molar-refractivity contribution is 5.87. The van der Waals surface area contributed by atoms with Gasteiger partial charge in [-0.3, -0.25) is 10.6 Å². The number of carbonyl (C=O) groups is 2. The molecule has 48 heavy (non-hydrogen) atoms. The Balaban J connectivity index is 2.02. The highest BCUT2D eigenvalue weighted by Crippen LogP contribution is 2.15. The molecule has 0 aliphatic rings. The van der Waals surface area contributed by atoms with Gasteiger partial charge in [0.25, 0.3) is 0 Å². The van der Waals surface area contributed by atoms with Crippen LogP contribution in [-0.2, 0) is 9.47 Å². The van der Waals surface area contributed by atoms with Crippen molar-refractivity contribution in [3.05, 3.63) is 24.3 Å². The molecule has 0 spiro atoms. The summed E-state index contributed by atoms with van der Waals surface area (Å²) in [5.74, 6) is 0. The van der Waals surface area contributed by atoms with Crippen molar-refractivity contribution in [3.8, 4) is 0 Å². The van der Waals surface area contributed by atoms with Crippen LogP contribution in [-0.4, -0.2) is 75.5 Å². The lowest BCUT2D eigenvalue weighted by molar-refractivity contribution is 0.145. The van der Waals surface area contributed by atoms with E-state index in [2.05, 4.69) is 48.4 Å². The van der Waals surface area contributed by atoms with Gasteiger partial charge >= 0.3 is 12.2 Å². The van der Waals surface area contributed by atoms with Crippen LogP contribution in [0.5, 0.6) is 0 Å². The third-order valence-electron chi connectivity index (χ3n) is 9.08. The molecule has 0 bridgehead atoms. The van der Waals surface area contributed by atoms with Crippen LogP contribution in [0, 0.1) is 0 Å². The smallest absolute Gasteiger partial charge is 0.411 e. The second-order valence-electron chi connectivity index (χ2n) is 13.8. The number of anilines is 2. The van der Waals surface area contributed by atoms with Crippen molar-refractivity contribution in [2.45, 2.75) is 155 Å². The molecule has 1 aromatic carbocycles. The van der Waals surface area contributed by atoms with Crippen molar-refractivity contribution < 1.29 is 19.1 Å². The Bertz CT molecular complexity index is 811. The minimum Gasteiger partial charge on any atom is -0.448 e. The molecule has 0 unspecified atom stereocenters. The lowest BCUT2D eigenvalue weighted by Gasteiger charge is -2.17. The van der Waals surface area contributed by atoms with Crippen LogP contribution < -0.4 is 10.6 Å². The van der Waals surface area contributed by atoms with E-state index in [1.807, 2.05) is 0 Å². The summed E-state index contributed by atoms with van der Waals surface area (Å²) in [5.41, 5.74) is 1.22. The van der Waals surface area contributed by atoms with E-state index in [1.165, 1.54) is 141 Å². The number of amides is 2. The topological polar surface area (TPSA) is 83.1 Å². The van der Waals surface area contributed by atoms with Crippen LogP contribution >= 0.6 is 0 Å². The number of unbranched alkanes of at least 4 members (excludes halogenated alkanes) is 20. The van der Waals surface area contributed by atoms with Crippen molar-refractivity contribution in [3.63, 3.8) is 0 Å². The minimum atomic E-state index is -0.476. The molecule has 0 fully saturated rings. The molecule has 8 nitrogen and oxygen atoms in total. The van der Waals surface area contributed by atoms with E-state index in [-0.39, 0.29) is 0 Å². The summed E-state index contributed by atoms with van der Waals surface area (Å²) in [7, 11) is 4.15. The second-order valence-corrected chi connectivity index (χ2v) is 13.8. The summed E-state index contributed by atoms with van der Waals surface area (Å²) >= 11 is 0. The van der Waals surface area contributed by atoms with Gasteiger partial charge in [0.2, 0.25) is 0 Å². The highest BCUT2D eigenvalue weighted by Gasteiger charge is 2.08. The summed E-state index contributed by atoms with van der Waals surface area (Å²) in [5, 5.41) is 5.49. The Morgan fingerprint density at radius 1 is 0.458 bits per heavy atom. The largest absolute Gasteiger partial charge is 0.448 e. The second kappa shape index (κ2) is 31.9. The van der Waals surface area contributed by atoms with Gasteiger partial charge in [-0.05, 0) is 64.3 Å². The molecule has 8 heteroatoms. The zero-order chi connectivity index (χ0) is 34.9. The summed E-state index contributed by atoms with van der Waals surface area (Å²) in [4.78, 5) is 28.9. The van der Waals surface area contributed by atoms with Crippen LogP contribution in [0.3, 0.4) is 0 Å². The molecule has 0 saturated carbocycles. The van der Waals surface area contributed by atoms with Crippen molar-refractivity contribution in [1.82, 2.24) is 9.80 Å². The summed E-state index contributed by atoms with van der Waals surface area (Å²) in [6.07, 6.45) is 28.6. The lowest BCUT2D eigenvalue weighted by Crippen LogP contribution is -2.26. The standard InChI is InChI=1S/C40H74N4O4/c1-5-7-9-11-13-15-17-19-21-23-25-31-43(3)33-35-47-39(45)41-37-27-29-38(30-28-37)42-40(46)48-36-34-44(4)32-26-24-22-20-18-16-14-12-10-8-6-2/h27-30H,5-26,31-36H2,1-4H3,(H,41,45)(H,42,46). The van der Waals surface area contributed by atoms with Crippen LogP contribution in [0.2, 0.25) is 0 Å². The predicted octanol–water partition coefficient (Wildman–Crippen LogP) is 11.3. The zero-order valence-electron chi connectivity index (χ0n) is 31.6. The Kier molecular flexibility index (Phi) is 29.1. The molecule has 0 heterocycles. The SMILES string of the molecule is CCCCCCCCCCCCCN(C)CCOC(=O)Nc1ccc(NC(=O)OCCN(C)CCCCCCCCCCCCC)cc1. The monoisotopic (exact) mass is 675 g/mol. The van der Waals surface area contributed by atoms with Crippen LogP contribution in [0.15, 0.2) is 24.3 Å². The molecule has 2 amide bonds. The van der Waals surface area contributed by atoms with E-state index >= 15 is 0 Å².